The fourth-order valence-electron chi connectivity index (χ4n) is 3.56. The lowest BCUT2D eigenvalue weighted by Crippen LogP contribution is -2.27. The first-order valence-electron chi connectivity index (χ1n) is 9.14. The third kappa shape index (κ3) is 4.55. The van der Waals surface area contributed by atoms with E-state index in [2.05, 4.69) is 10.1 Å². The summed E-state index contributed by atoms with van der Waals surface area (Å²) >= 11 is 0. The van der Waals surface area contributed by atoms with Crippen LogP contribution in [0.5, 0.6) is 0 Å². The number of carbonyl (C=O) groups is 1. The molecule has 2 aromatic rings. The summed E-state index contributed by atoms with van der Waals surface area (Å²) in [5.41, 5.74) is 3.84. The molecule has 0 bridgehead atoms. The molecule has 1 saturated heterocycles. The molecule has 8 heteroatoms. The van der Waals surface area contributed by atoms with Crippen molar-refractivity contribution in [2.24, 2.45) is 0 Å². The van der Waals surface area contributed by atoms with E-state index < -0.39 is 9.84 Å². The van der Waals surface area contributed by atoms with E-state index in [1.165, 1.54) is 0 Å². The van der Waals surface area contributed by atoms with Gasteiger partial charge in [-0.1, -0.05) is 6.07 Å². The van der Waals surface area contributed by atoms with Gasteiger partial charge in [0.2, 0.25) is 5.91 Å². The van der Waals surface area contributed by atoms with E-state index in [0.29, 0.717) is 25.8 Å². The van der Waals surface area contributed by atoms with E-state index in [9.17, 15) is 13.2 Å². The molecule has 1 amide bonds. The Hall–Kier alpha value is -2.22. The zero-order valence-electron chi connectivity index (χ0n) is 16.1. The lowest BCUT2D eigenvalue weighted by atomic mass is 10.1. The quantitative estimate of drug-likeness (QED) is 0.751. The van der Waals surface area contributed by atoms with Crippen molar-refractivity contribution < 1.29 is 13.2 Å². The summed E-state index contributed by atoms with van der Waals surface area (Å²) < 4.78 is 25.4. The molecule has 0 saturated carbocycles. The molecule has 3 rings (SSSR count). The summed E-state index contributed by atoms with van der Waals surface area (Å²) in [4.78, 5) is 18.3. The molecule has 0 N–H and O–H groups in total. The average molecular weight is 391 g/mol. The van der Waals surface area contributed by atoms with E-state index in [0.717, 1.165) is 22.5 Å². The van der Waals surface area contributed by atoms with Crippen LogP contribution in [0.25, 0.3) is 0 Å². The van der Waals surface area contributed by atoms with Crippen molar-refractivity contribution in [3.63, 3.8) is 0 Å². The van der Waals surface area contributed by atoms with E-state index in [-0.39, 0.29) is 23.5 Å². The normalized spacial score (nSPS) is 18.6. The van der Waals surface area contributed by atoms with Gasteiger partial charge in [-0.15, -0.1) is 0 Å². The van der Waals surface area contributed by atoms with Crippen molar-refractivity contribution in [2.75, 3.05) is 18.6 Å². The van der Waals surface area contributed by atoms with E-state index >= 15 is 0 Å². The van der Waals surface area contributed by atoms with Crippen molar-refractivity contribution in [3.8, 4) is 0 Å². The summed E-state index contributed by atoms with van der Waals surface area (Å²) in [6.07, 6.45) is 5.19. The van der Waals surface area contributed by atoms with Gasteiger partial charge in [0.15, 0.2) is 9.84 Å². The predicted octanol–water partition coefficient (Wildman–Crippen LogP) is 1.85. The zero-order chi connectivity index (χ0) is 19.6. The third-order valence-corrected chi connectivity index (χ3v) is 6.95. The number of amides is 1. The molecule has 0 spiro atoms. The number of carbonyl (C=O) groups excluding carboxylic acids is 1. The maximum absolute atomic E-state index is 12.5. The van der Waals surface area contributed by atoms with Gasteiger partial charge in [0.25, 0.3) is 0 Å². The number of hydrogen-bond donors (Lipinski definition) is 0. The Morgan fingerprint density at radius 2 is 2.15 bits per heavy atom. The number of aryl methyl sites for hydroxylation is 2. The molecule has 0 radical (unpaired) electrons. The second-order valence-electron chi connectivity index (χ2n) is 7.26. The van der Waals surface area contributed by atoms with Crippen LogP contribution in [0.15, 0.2) is 24.5 Å². The molecule has 0 aromatic carbocycles. The molecule has 1 atom stereocenters. The Labute approximate surface area is 160 Å². The summed E-state index contributed by atoms with van der Waals surface area (Å²) in [5.74, 6) is 0.431. The summed E-state index contributed by atoms with van der Waals surface area (Å²) in [6, 6.07) is 3.73. The van der Waals surface area contributed by atoms with Crippen molar-refractivity contribution in [1.29, 1.82) is 0 Å². The molecule has 146 valence electrons. The van der Waals surface area contributed by atoms with Crippen LogP contribution < -0.4 is 0 Å². The van der Waals surface area contributed by atoms with Gasteiger partial charge in [-0.25, -0.2) is 8.42 Å². The smallest absolute Gasteiger partial charge is 0.222 e. The Kier molecular flexibility index (Phi) is 5.64. The van der Waals surface area contributed by atoms with E-state index in [1.807, 2.05) is 30.7 Å². The van der Waals surface area contributed by atoms with E-state index in [4.69, 9.17) is 0 Å². The minimum absolute atomic E-state index is 0.0637. The number of rotatable bonds is 6. The SMILES string of the molecule is Cc1nn([C@@H]2CCS(=O)(=O)C2)c(C)c1CN(C)C(=O)CCc1cccnc1. The topological polar surface area (TPSA) is 85.2 Å². The number of pyridine rings is 1. The van der Waals surface area contributed by atoms with Crippen LogP contribution in [0.1, 0.15) is 41.4 Å². The molecule has 1 aliphatic heterocycles. The highest BCUT2D eigenvalue weighted by atomic mass is 32.2. The Bertz CT molecular complexity index is 922. The fourth-order valence-corrected chi connectivity index (χ4v) is 5.26. The lowest BCUT2D eigenvalue weighted by Gasteiger charge is -2.18. The minimum atomic E-state index is -2.96. The Morgan fingerprint density at radius 1 is 1.37 bits per heavy atom. The molecule has 0 unspecified atom stereocenters. The van der Waals surface area contributed by atoms with Crippen molar-refractivity contribution in [1.82, 2.24) is 19.7 Å². The monoisotopic (exact) mass is 390 g/mol. The highest BCUT2D eigenvalue weighted by Gasteiger charge is 2.31. The molecule has 1 fully saturated rings. The van der Waals surface area contributed by atoms with Gasteiger partial charge in [-0.2, -0.15) is 5.10 Å². The Morgan fingerprint density at radius 3 is 2.78 bits per heavy atom. The molecule has 1 aliphatic rings. The molecular formula is C19H26N4O3S. The lowest BCUT2D eigenvalue weighted by molar-refractivity contribution is -0.130. The second-order valence-corrected chi connectivity index (χ2v) is 9.49. The summed E-state index contributed by atoms with van der Waals surface area (Å²) in [5, 5.41) is 4.57. The number of nitrogens with zero attached hydrogens (tertiary/aromatic N) is 4. The first-order chi connectivity index (χ1) is 12.8. The van der Waals surface area contributed by atoms with Crippen LogP contribution in [-0.2, 0) is 27.6 Å². The van der Waals surface area contributed by atoms with Gasteiger partial charge >= 0.3 is 0 Å². The van der Waals surface area contributed by atoms with Crippen LogP contribution in [0.4, 0.5) is 0 Å². The van der Waals surface area contributed by atoms with Gasteiger partial charge in [-0.3, -0.25) is 14.5 Å². The van der Waals surface area contributed by atoms with E-state index in [1.54, 1.807) is 24.3 Å². The molecular weight excluding hydrogens is 364 g/mol. The van der Waals surface area contributed by atoms with Gasteiger partial charge in [0, 0.05) is 43.7 Å². The first kappa shape index (κ1) is 19.5. The van der Waals surface area contributed by atoms with Gasteiger partial charge in [0.05, 0.1) is 23.2 Å². The predicted molar refractivity (Wildman–Crippen MR) is 103 cm³/mol. The maximum atomic E-state index is 12.5. The van der Waals surface area contributed by atoms with Gasteiger partial charge in [0.1, 0.15) is 0 Å². The molecule has 3 heterocycles. The average Bonchev–Trinajstić information content (AvgIpc) is 3.13. The molecule has 0 aliphatic carbocycles. The molecule has 7 nitrogen and oxygen atoms in total. The first-order valence-corrected chi connectivity index (χ1v) is 11.0. The summed E-state index contributed by atoms with van der Waals surface area (Å²) in [7, 11) is -1.17. The number of aromatic nitrogens is 3. The zero-order valence-corrected chi connectivity index (χ0v) is 16.9. The minimum Gasteiger partial charge on any atom is -0.341 e. The highest BCUT2D eigenvalue weighted by molar-refractivity contribution is 7.91. The van der Waals surface area contributed by atoms with Crippen LogP contribution in [0, 0.1) is 13.8 Å². The van der Waals surface area contributed by atoms with Gasteiger partial charge in [-0.05, 0) is 38.3 Å². The fraction of sp³-hybridized carbons (Fsp3) is 0.526. The van der Waals surface area contributed by atoms with Crippen LogP contribution in [0.2, 0.25) is 0 Å². The van der Waals surface area contributed by atoms with Crippen molar-refractivity contribution in [2.45, 2.75) is 45.7 Å². The maximum Gasteiger partial charge on any atom is 0.222 e. The second kappa shape index (κ2) is 7.80. The summed E-state index contributed by atoms with van der Waals surface area (Å²) in [6.45, 7) is 4.34. The van der Waals surface area contributed by atoms with Crippen molar-refractivity contribution in [3.05, 3.63) is 47.0 Å². The Balaban J connectivity index is 1.65. The van der Waals surface area contributed by atoms with Crippen LogP contribution >= 0.6 is 0 Å². The standard InChI is InChI=1S/C19H26N4O3S/c1-14-18(15(2)23(21-14)17-8-10-27(25,26)13-17)12-22(3)19(24)7-6-16-5-4-9-20-11-16/h4-5,9,11,17H,6-8,10,12-13H2,1-3H3/t17-/m1/s1. The van der Waals surface area contributed by atoms with Crippen molar-refractivity contribution >= 4 is 15.7 Å². The van der Waals surface area contributed by atoms with Crippen LogP contribution in [0.3, 0.4) is 0 Å². The number of hydrogen-bond acceptors (Lipinski definition) is 5. The highest BCUT2D eigenvalue weighted by Crippen LogP contribution is 2.27. The molecule has 27 heavy (non-hydrogen) atoms. The largest absolute Gasteiger partial charge is 0.341 e. The van der Waals surface area contributed by atoms with Crippen LogP contribution in [-0.4, -0.2) is 52.5 Å². The number of sulfone groups is 1. The van der Waals surface area contributed by atoms with Gasteiger partial charge < -0.3 is 4.90 Å². The molecule has 2 aromatic heterocycles. The third-order valence-electron chi connectivity index (χ3n) is 5.20.